The van der Waals surface area contributed by atoms with Crippen molar-refractivity contribution in [2.45, 2.75) is 309 Å². The number of carbonyl (C=O) groups excluding carboxylic acids is 3. The van der Waals surface area contributed by atoms with E-state index in [1.54, 1.807) is 0 Å². The number of rotatable bonds is 72. The number of unbranched alkanes of at least 4 members (excludes halogenated alkanes) is 23. The van der Waals surface area contributed by atoms with Gasteiger partial charge in [0.1, 0.15) is 25.4 Å². The van der Waals surface area contributed by atoms with Crippen LogP contribution in [0.2, 0.25) is 0 Å². The van der Waals surface area contributed by atoms with E-state index < -0.39 is 91.5 Å². The Hall–Kier alpha value is -4.83. The smallest absolute Gasteiger partial charge is 0.463 e. The molecule has 0 heterocycles. The molecule has 0 spiro atoms. The molecule has 0 saturated heterocycles. The number of esters is 3. The summed E-state index contributed by atoms with van der Waals surface area (Å²) in [5.41, 5.74) is 0. The maximum Gasteiger partial charge on any atom is 0.472 e. The number of allylic oxidation sites excluding steroid dienone is 26. The molecule has 0 aromatic heterocycles. The van der Waals surface area contributed by atoms with Crippen molar-refractivity contribution in [1.29, 1.82) is 0 Å². The molecule has 0 aliphatic rings. The molecule has 0 aliphatic carbocycles. The van der Waals surface area contributed by atoms with E-state index in [9.17, 15) is 43.5 Å². The fourth-order valence-electron chi connectivity index (χ4n) is 9.80. The number of aliphatic hydroxyl groups is 2. The lowest BCUT2D eigenvalue weighted by molar-refractivity contribution is -0.161. The van der Waals surface area contributed by atoms with Gasteiger partial charge in [-0.3, -0.25) is 32.5 Å². The first-order chi connectivity index (χ1) is 49.2. The van der Waals surface area contributed by atoms with Crippen molar-refractivity contribution in [1.82, 2.24) is 0 Å². The summed E-state index contributed by atoms with van der Waals surface area (Å²) in [6, 6.07) is 0. The van der Waals surface area contributed by atoms with Crippen molar-refractivity contribution in [3.63, 3.8) is 0 Å². The molecule has 0 bridgehead atoms. The summed E-state index contributed by atoms with van der Waals surface area (Å²) in [4.78, 5) is 58.7. The van der Waals surface area contributed by atoms with Gasteiger partial charge in [0.2, 0.25) is 0 Å². The predicted octanol–water partition coefficient (Wildman–Crippen LogP) is 22.6. The van der Waals surface area contributed by atoms with Crippen LogP contribution >= 0.6 is 15.6 Å². The molecule has 16 nitrogen and oxygen atoms in total. The summed E-state index contributed by atoms with van der Waals surface area (Å²) in [7, 11) is -9.82. The minimum Gasteiger partial charge on any atom is -0.463 e. The Balaban J connectivity index is 4.72. The van der Waals surface area contributed by atoms with Crippen LogP contribution in [0.1, 0.15) is 290 Å². The maximum absolute atomic E-state index is 13.0. The average molecular weight is 1450 g/mol. The third-order valence-electron chi connectivity index (χ3n) is 15.7. The van der Waals surface area contributed by atoms with Crippen LogP contribution in [0.3, 0.4) is 0 Å². The van der Waals surface area contributed by atoms with Crippen molar-refractivity contribution >= 4 is 33.6 Å². The standard InChI is InChI=1S/C83H138O16P2/c1-4-7-10-13-16-19-22-25-28-31-34-36-37-38-39-41-44-45-48-51-54-57-60-63-66-69-81(86)93-72-78(84)73-95-100(89,90)96-74-79(85)75-97-101(91,92)98-77-80(99-83(88)71-68-65-62-59-56-53-50-47-42-33-30-27-24-21-18-15-12-9-6-3)76-94-82(87)70-67-64-61-58-55-52-49-46-43-40-35-32-29-26-23-20-17-14-11-8-5-2/h8,11,16-21,25-30,34-36,38-40,42,46-47,49,55,58,78-80,84-85H,4-7,9-10,12-15,22-24,31-33,37,41,43-45,48,50-54,56-57,59-77H2,1-3H3,(H,89,90)(H,91,92)/b11-8-,19-16-,20-17-,21-18-,28-25-,29-26-,30-27-,36-34-,39-38-,40-35-,47-42-,49-46-,58-55-. The number of phosphoric acid groups is 2. The van der Waals surface area contributed by atoms with E-state index in [0.717, 1.165) is 161 Å². The van der Waals surface area contributed by atoms with Gasteiger partial charge in [-0.2, -0.15) is 0 Å². The lowest BCUT2D eigenvalue weighted by Gasteiger charge is -2.21. The van der Waals surface area contributed by atoms with E-state index in [-0.39, 0.29) is 19.3 Å². The lowest BCUT2D eigenvalue weighted by Crippen LogP contribution is -2.30. The van der Waals surface area contributed by atoms with Gasteiger partial charge in [0.05, 0.1) is 26.4 Å². The molecule has 5 atom stereocenters. The van der Waals surface area contributed by atoms with Gasteiger partial charge in [-0.15, -0.1) is 0 Å². The highest BCUT2D eigenvalue weighted by atomic mass is 31.2. The van der Waals surface area contributed by atoms with Gasteiger partial charge in [-0.1, -0.05) is 275 Å². The molecular formula is C83H138O16P2. The van der Waals surface area contributed by atoms with Crippen molar-refractivity contribution in [2.75, 3.05) is 39.6 Å². The molecule has 0 radical (unpaired) electrons. The van der Waals surface area contributed by atoms with Crippen LogP contribution in [0, 0.1) is 0 Å². The topological polar surface area (TPSA) is 231 Å². The largest absolute Gasteiger partial charge is 0.472 e. The Bertz CT molecular complexity index is 2470. The highest BCUT2D eigenvalue weighted by Crippen LogP contribution is 2.45. The fourth-order valence-corrected chi connectivity index (χ4v) is 11.4. The van der Waals surface area contributed by atoms with Crippen LogP contribution in [-0.2, 0) is 55.8 Å². The van der Waals surface area contributed by atoms with Gasteiger partial charge in [0.25, 0.3) is 0 Å². The first kappa shape index (κ1) is 96.2. The first-order valence-electron chi connectivity index (χ1n) is 38.8. The Labute approximate surface area is 612 Å². The normalized spacial score (nSPS) is 14.9. The van der Waals surface area contributed by atoms with Crippen LogP contribution in [0.25, 0.3) is 0 Å². The molecule has 5 unspecified atom stereocenters. The van der Waals surface area contributed by atoms with Gasteiger partial charge in [-0.25, -0.2) is 9.13 Å². The molecule has 0 saturated carbocycles. The Morgan fingerprint density at radius 2 is 0.525 bits per heavy atom. The van der Waals surface area contributed by atoms with Gasteiger partial charge in [-0.05, 0) is 154 Å². The van der Waals surface area contributed by atoms with Gasteiger partial charge in [0, 0.05) is 19.3 Å². The van der Waals surface area contributed by atoms with Crippen LogP contribution in [0.15, 0.2) is 158 Å². The Morgan fingerprint density at radius 1 is 0.287 bits per heavy atom. The second-order valence-corrected chi connectivity index (χ2v) is 28.3. The minimum absolute atomic E-state index is 0.0742. The molecule has 0 fully saturated rings. The monoisotopic (exact) mass is 1450 g/mol. The fraction of sp³-hybridized carbons (Fsp3) is 0.651. The molecule has 18 heteroatoms. The number of hydrogen-bond donors (Lipinski definition) is 4. The third-order valence-corrected chi connectivity index (χ3v) is 17.6. The summed E-state index contributed by atoms with van der Waals surface area (Å²) in [5.74, 6) is -1.65. The zero-order valence-corrected chi connectivity index (χ0v) is 64.6. The maximum atomic E-state index is 13.0. The minimum atomic E-state index is -4.95. The Morgan fingerprint density at radius 3 is 0.851 bits per heavy atom. The number of phosphoric ester groups is 2. The number of carbonyl (C=O) groups is 3. The van der Waals surface area contributed by atoms with Crippen molar-refractivity contribution < 1.29 is 75.8 Å². The number of ether oxygens (including phenoxy) is 3. The van der Waals surface area contributed by atoms with Gasteiger partial charge in [0.15, 0.2) is 6.10 Å². The van der Waals surface area contributed by atoms with E-state index >= 15 is 0 Å². The molecule has 4 N–H and O–H groups in total. The summed E-state index contributed by atoms with van der Waals surface area (Å²) >= 11 is 0. The highest BCUT2D eigenvalue weighted by Gasteiger charge is 2.29. The van der Waals surface area contributed by atoms with Crippen LogP contribution in [0.5, 0.6) is 0 Å². The van der Waals surface area contributed by atoms with Crippen LogP contribution < -0.4 is 0 Å². The van der Waals surface area contributed by atoms with E-state index in [1.807, 2.05) is 0 Å². The van der Waals surface area contributed by atoms with Gasteiger partial charge >= 0.3 is 33.6 Å². The van der Waals surface area contributed by atoms with Crippen molar-refractivity contribution in [3.8, 4) is 0 Å². The first-order valence-corrected chi connectivity index (χ1v) is 41.8. The van der Waals surface area contributed by atoms with Crippen molar-refractivity contribution in [3.05, 3.63) is 158 Å². The van der Waals surface area contributed by atoms with E-state index in [4.69, 9.17) is 32.3 Å². The van der Waals surface area contributed by atoms with Crippen molar-refractivity contribution in [2.24, 2.45) is 0 Å². The summed E-state index contributed by atoms with van der Waals surface area (Å²) in [6.07, 6.45) is 92.8. The molecule has 0 aromatic carbocycles. The SMILES string of the molecule is CC/C=C\C/C=C\C/C=C\C/C=C\C/C=C\C/C=C\CCCCC(=O)OCC(COP(=O)(O)OCC(O)COP(=O)(O)OCC(O)COC(=O)CCCCCCCCCCC/C=C\C/C=C\C/C=C\C/C=C\CCCCC)OC(=O)CCCCCCCC/C=C\C/C=C\C/C=C\CCCCC. The van der Waals surface area contributed by atoms with E-state index in [2.05, 4.69) is 179 Å². The Kier molecular flexibility index (Phi) is 71.3. The second kappa shape index (κ2) is 74.9. The molecule has 576 valence electrons. The average Bonchev–Trinajstić information content (AvgIpc) is 0.970. The van der Waals surface area contributed by atoms with E-state index in [1.165, 1.54) is 70.6 Å². The predicted molar refractivity (Wildman–Crippen MR) is 417 cm³/mol. The molecule has 0 aliphatic heterocycles. The third kappa shape index (κ3) is 76.1. The zero-order valence-electron chi connectivity index (χ0n) is 62.8. The van der Waals surface area contributed by atoms with Gasteiger partial charge < -0.3 is 34.2 Å². The molecule has 0 amide bonds. The number of aliphatic hydroxyl groups excluding tert-OH is 2. The zero-order chi connectivity index (χ0) is 73.7. The summed E-state index contributed by atoms with van der Waals surface area (Å²) < 4.78 is 61.1. The number of hydrogen-bond acceptors (Lipinski definition) is 14. The molecule has 0 aromatic rings. The highest BCUT2D eigenvalue weighted by molar-refractivity contribution is 7.47. The van der Waals surface area contributed by atoms with E-state index in [0.29, 0.717) is 19.3 Å². The molecular weight excluding hydrogens is 1310 g/mol. The summed E-state index contributed by atoms with van der Waals surface area (Å²) in [5, 5.41) is 20.6. The second-order valence-electron chi connectivity index (χ2n) is 25.4. The van der Waals surface area contributed by atoms with Crippen LogP contribution in [0.4, 0.5) is 0 Å². The van der Waals surface area contributed by atoms with Crippen LogP contribution in [-0.4, -0.2) is 95.9 Å². The molecule has 0 rings (SSSR count). The quantitative estimate of drug-likeness (QED) is 0.0146. The molecule has 101 heavy (non-hydrogen) atoms. The lowest BCUT2D eigenvalue weighted by atomic mass is 10.1. The summed E-state index contributed by atoms with van der Waals surface area (Å²) in [6.45, 7) is 2.43.